The van der Waals surface area contributed by atoms with Crippen LogP contribution in [0.4, 0.5) is 4.39 Å². The molecule has 2 aliphatic heterocycles. The first-order chi connectivity index (χ1) is 10.6. The molecule has 1 amide bonds. The van der Waals surface area contributed by atoms with Crippen LogP contribution in [-0.4, -0.2) is 42.6 Å². The van der Waals surface area contributed by atoms with Crippen LogP contribution >= 0.6 is 15.9 Å². The molecule has 0 aliphatic carbocycles. The number of benzene rings is 1. The van der Waals surface area contributed by atoms with Crippen LogP contribution in [0.1, 0.15) is 24.8 Å². The van der Waals surface area contributed by atoms with Crippen molar-refractivity contribution in [1.29, 1.82) is 0 Å². The third-order valence-electron chi connectivity index (χ3n) is 4.39. The van der Waals surface area contributed by atoms with E-state index in [4.69, 9.17) is 4.74 Å². The van der Waals surface area contributed by atoms with Gasteiger partial charge in [0.1, 0.15) is 6.10 Å². The third kappa shape index (κ3) is 3.13. The van der Waals surface area contributed by atoms with Crippen molar-refractivity contribution < 1.29 is 13.9 Å². The molecule has 0 saturated carbocycles. The quantitative estimate of drug-likeness (QED) is 0.888. The van der Waals surface area contributed by atoms with Crippen molar-refractivity contribution >= 4 is 21.8 Å². The molecule has 2 aliphatic rings. The summed E-state index contributed by atoms with van der Waals surface area (Å²) in [4.78, 5) is 13.9. The van der Waals surface area contributed by atoms with Crippen molar-refractivity contribution in [3.8, 4) is 5.75 Å². The van der Waals surface area contributed by atoms with Gasteiger partial charge in [0.2, 0.25) is 5.91 Å². The number of piperidine rings is 1. The number of rotatable bonds is 3. The van der Waals surface area contributed by atoms with Gasteiger partial charge in [0, 0.05) is 24.0 Å². The zero-order chi connectivity index (χ0) is 15.7. The van der Waals surface area contributed by atoms with Gasteiger partial charge in [0.15, 0.2) is 11.6 Å². The molecule has 120 valence electrons. The van der Waals surface area contributed by atoms with Crippen molar-refractivity contribution in [1.82, 2.24) is 10.2 Å². The monoisotopic (exact) mass is 370 g/mol. The van der Waals surface area contributed by atoms with E-state index in [1.54, 1.807) is 6.07 Å². The van der Waals surface area contributed by atoms with Gasteiger partial charge >= 0.3 is 0 Å². The summed E-state index contributed by atoms with van der Waals surface area (Å²) >= 11 is 3.32. The van der Waals surface area contributed by atoms with E-state index >= 15 is 0 Å². The smallest absolute Gasteiger partial charge is 0.223 e. The van der Waals surface area contributed by atoms with Crippen molar-refractivity contribution in [3.63, 3.8) is 0 Å². The van der Waals surface area contributed by atoms with Crippen LogP contribution in [0.3, 0.4) is 0 Å². The largest absolute Gasteiger partial charge is 0.484 e. The van der Waals surface area contributed by atoms with Crippen LogP contribution in [0.5, 0.6) is 5.75 Å². The predicted octanol–water partition coefficient (Wildman–Crippen LogP) is 2.63. The van der Waals surface area contributed by atoms with Crippen LogP contribution in [0, 0.1) is 12.7 Å². The Morgan fingerprint density at radius 3 is 3.00 bits per heavy atom. The van der Waals surface area contributed by atoms with Gasteiger partial charge in [-0.1, -0.05) is 15.9 Å². The second-order valence-corrected chi connectivity index (χ2v) is 6.79. The van der Waals surface area contributed by atoms with Gasteiger partial charge < -0.3 is 15.0 Å². The number of likely N-dealkylation sites (tertiary alicyclic amines) is 1. The summed E-state index contributed by atoms with van der Waals surface area (Å²) in [6.07, 6.45) is 2.14. The van der Waals surface area contributed by atoms with Gasteiger partial charge in [0.05, 0.1) is 6.04 Å². The molecule has 2 fully saturated rings. The highest BCUT2D eigenvalue weighted by Crippen LogP contribution is 2.29. The molecule has 22 heavy (non-hydrogen) atoms. The Bertz CT molecular complexity index is 582. The Balaban J connectivity index is 1.79. The summed E-state index contributed by atoms with van der Waals surface area (Å²) < 4.78 is 20.8. The maximum absolute atomic E-state index is 14.1. The first-order valence-electron chi connectivity index (χ1n) is 7.69. The van der Waals surface area contributed by atoms with E-state index in [9.17, 15) is 9.18 Å². The molecule has 1 unspecified atom stereocenters. The number of nitrogens with one attached hydrogen (secondary N) is 1. The van der Waals surface area contributed by atoms with Gasteiger partial charge in [-0.05, 0) is 44.0 Å². The fourth-order valence-corrected chi connectivity index (χ4v) is 3.51. The first kappa shape index (κ1) is 15.7. The molecule has 0 radical (unpaired) electrons. The third-order valence-corrected chi connectivity index (χ3v) is 5.25. The molecular formula is C16H20BrFN2O2. The van der Waals surface area contributed by atoms with Gasteiger partial charge in [-0.25, -0.2) is 4.39 Å². The minimum atomic E-state index is -0.380. The van der Waals surface area contributed by atoms with Gasteiger partial charge in [0.25, 0.3) is 0 Å². The number of carbonyl (C=O) groups excluding carboxylic acids is 1. The fourth-order valence-electron chi connectivity index (χ4n) is 3.20. The van der Waals surface area contributed by atoms with Crippen molar-refractivity contribution in [2.45, 2.75) is 38.3 Å². The summed E-state index contributed by atoms with van der Waals surface area (Å²) in [5.74, 6) is 0.0635. The Labute approximate surface area is 138 Å². The number of amides is 1. The van der Waals surface area contributed by atoms with Gasteiger partial charge in [-0.3, -0.25) is 4.79 Å². The van der Waals surface area contributed by atoms with E-state index < -0.39 is 0 Å². The topological polar surface area (TPSA) is 41.6 Å². The van der Waals surface area contributed by atoms with E-state index in [1.807, 2.05) is 11.8 Å². The number of halogens is 2. The van der Waals surface area contributed by atoms with E-state index in [-0.39, 0.29) is 29.6 Å². The second-order valence-electron chi connectivity index (χ2n) is 5.94. The first-order valence-corrected chi connectivity index (χ1v) is 8.48. The highest BCUT2D eigenvalue weighted by Gasteiger charge is 2.36. The molecule has 2 saturated heterocycles. The number of carbonyl (C=O) groups is 1. The second kappa shape index (κ2) is 6.54. The molecule has 2 heterocycles. The van der Waals surface area contributed by atoms with Crippen LogP contribution in [-0.2, 0) is 4.79 Å². The number of aryl methyl sites for hydroxylation is 1. The lowest BCUT2D eigenvalue weighted by atomic mass is 10.0. The zero-order valence-electron chi connectivity index (χ0n) is 12.6. The summed E-state index contributed by atoms with van der Waals surface area (Å²) in [6, 6.07) is 3.16. The average Bonchev–Trinajstić information content (AvgIpc) is 2.91. The molecule has 2 atom stereocenters. The highest BCUT2D eigenvalue weighted by atomic mass is 79.9. The lowest BCUT2D eigenvalue weighted by Gasteiger charge is -2.38. The van der Waals surface area contributed by atoms with Gasteiger partial charge in [-0.2, -0.15) is 0 Å². The predicted molar refractivity (Wildman–Crippen MR) is 85.5 cm³/mol. The fraction of sp³-hybridized carbons (Fsp3) is 0.562. The van der Waals surface area contributed by atoms with E-state index in [0.717, 1.165) is 36.0 Å². The van der Waals surface area contributed by atoms with Crippen LogP contribution < -0.4 is 10.1 Å². The maximum Gasteiger partial charge on any atom is 0.223 e. The Morgan fingerprint density at radius 2 is 2.27 bits per heavy atom. The highest BCUT2D eigenvalue weighted by molar-refractivity contribution is 9.10. The molecule has 3 rings (SSSR count). The molecule has 4 nitrogen and oxygen atoms in total. The number of hydrogen-bond donors (Lipinski definition) is 1. The Kier molecular flexibility index (Phi) is 4.68. The van der Waals surface area contributed by atoms with Crippen molar-refractivity contribution in [2.24, 2.45) is 0 Å². The summed E-state index contributed by atoms with van der Waals surface area (Å²) in [5.41, 5.74) is 0.925. The Morgan fingerprint density at radius 1 is 1.45 bits per heavy atom. The average molecular weight is 371 g/mol. The molecule has 0 aromatic heterocycles. The number of ether oxygens (including phenoxy) is 1. The molecule has 1 aromatic rings. The van der Waals surface area contributed by atoms with Crippen molar-refractivity contribution in [2.75, 3.05) is 19.6 Å². The lowest BCUT2D eigenvalue weighted by molar-refractivity contribution is -0.132. The van der Waals surface area contributed by atoms with E-state index in [2.05, 4.69) is 21.2 Å². The minimum Gasteiger partial charge on any atom is -0.484 e. The maximum atomic E-state index is 14.1. The van der Waals surface area contributed by atoms with E-state index in [1.165, 1.54) is 6.07 Å². The van der Waals surface area contributed by atoms with E-state index in [0.29, 0.717) is 13.0 Å². The summed E-state index contributed by atoms with van der Waals surface area (Å²) in [5, 5.41) is 3.27. The van der Waals surface area contributed by atoms with Gasteiger partial charge in [-0.15, -0.1) is 0 Å². The zero-order valence-corrected chi connectivity index (χ0v) is 14.2. The molecule has 0 spiro atoms. The van der Waals surface area contributed by atoms with Crippen molar-refractivity contribution in [3.05, 3.63) is 28.0 Å². The minimum absolute atomic E-state index is 0.0274. The molecule has 1 aromatic carbocycles. The molecule has 1 N–H and O–H groups in total. The number of hydrogen-bond acceptors (Lipinski definition) is 3. The Hall–Kier alpha value is -1.14. The summed E-state index contributed by atoms with van der Waals surface area (Å²) in [6.45, 7) is 4.17. The normalized spacial score (nSPS) is 25.6. The van der Waals surface area contributed by atoms with Crippen LogP contribution in [0.15, 0.2) is 16.6 Å². The van der Waals surface area contributed by atoms with Crippen LogP contribution in [0.2, 0.25) is 0 Å². The molecular weight excluding hydrogens is 351 g/mol. The van der Waals surface area contributed by atoms with Crippen LogP contribution in [0.25, 0.3) is 0 Å². The molecule has 6 heteroatoms. The standard InChI is InChI=1S/C16H20BrFN2O2/c1-10-7-14(12(18)8-11(10)17)22-15-9-19-5-4-13(15)20-6-2-3-16(20)21/h7-8,13,15,19H,2-6,9H2,1H3/t13?,15-/m1/s1. The SMILES string of the molecule is Cc1cc(O[C@@H]2CNCCC2N2CCCC2=O)c(F)cc1Br. The lowest BCUT2D eigenvalue weighted by Crippen LogP contribution is -2.55. The molecule has 0 bridgehead atoms. The summed E-state index contributed by atoms with van der Waals surface area (Å²) in [7, 11) is 0. The number of nitrogens with zero attached hydrogens (tertiary/aromatic N) is 1.